The molecule has 0 saturated carbocycles. The highest BCUT2D eigenvalue weighted by Gasteiger charge is 2.26. The number of nitrogens with one attached hydrogen (secondary N) is 1. The van der Waals surface area contributed by atoms with E-state index in [1.165, 1.54) is 15.3 Å². The lowest BCUT2D eigenvalue weighted by atomic mass is 9.98. The quantitative estimate of drug-likeness (QED) is 0.334. The number of aromatic nitrogens is 3. The molecule has 0 unspecified atom stereocenters. The highest BCUT2D eigenvalue weighted by molar-refractivity contribution is 6.32. The second kappa shape index (κ2) is 11.2. The third kappa shape index (κ3) is 6.50. The average molecular weight is 477 g/mol. The molecular formula is C23H29ClN4O5. The minimum Gasteiger partial charge on any atom is -0.494 e. The molecule has 0 aliphatic heterocycles. The van der Waals surface area contributed by atoms with Crippen molar-refractivity contribution in [3.63, 3.8) is 0 Å². The van der Waals surface area contributed by atoms with Crippen LogP contribution in [0.25, 0.3) is 0 Å². The topological polar surface area (TPSA) is 122 Å². The van der Waals surface area contributed by atoms with E-state index in [-0.39, 0.29) is 30.9 Å². The van der Waals surface area contributed by atoms with E-state index in [1.54, 1.807) is 42.7 Å². The number of aliphatic hydroxyl groups excluding tert-OH is 2. The van der Waals surface area contributed by atoms with Crippen LogP contribution in [-0.2, 0) is 11.3 Å². The van der Waals surface area contributed by atoms with Crippen molar-refractivity contribution < 1.29 is 24.9 Å². The van der Waals surface area contributed by atoms with Gasteiger partial charge in [0.15, 0.2) is 11.7 Å². The number of aromatic hydroxyl groups is 1. The van der Waals surface area contributed by atoms with E-state index in [2.05, 4.69) is 10.4 Å². The number of hydrogen-bond acceptors (Lipinski definition) is 6. The number of para-hydroxylation sites is 1. The Morgan fingerprint density at radius 1 is 1.30 bits per heavy atom. The number of amides is 1. The lowest BCUT2D eigenvalue weighted by Gasteiger charge is -2.21. The lowest BCUT2D eigenvalue weighted by Crippen LogP contribution is -2.27. The molecule has 1 amide bonds. The fourth-order valence-corrected chi connectivity index (χ4v) is 3.48. The smallest absolute Gasteiger partial charge is 0.248 e. The lowest BCUT2D eigenvalue weighted by molar-refractivity contribution is -0.119. The number of hydrogen-bond donors (Lipinski definition) is 4. The van der Waals surface area contributed by atoms with Gasteiger partial charge in [-0.25, -0.2) is 0 Å². The van der Waals surface area contributed by atoms with Gasteiger partial charge in [-0.1, -0.05) is 44.0 Å². The Hall–Kier alpha value is -3.01. The van der Waals surface area contributed by atoms with Gasteiger partial charge in [0.2, 0.25) is 5.91 Å². The van der Waals surface area contributed by atoms with Crippen LogP contribution in [0.3, 0.4) is 0 Å². The second-order valence-electron chi connectivity index (χ2n) is 7.99. The van der Waals surface area contributed by atoms with Gasteiger partial charge in [0.05, 0.1) is 30.5 Å². The zero-order valence-electron chi connectivity index (χ0n) is 18.6. The summed E-state index contributed by atoms with van der Waals surface area (Å²) in [6, 6.07) is 9.31. The maximum absolute atomic E-state index is 13.2. The van der Waals surface area contributed by atoms with Crippen molar-refractivity contribution in [3.05, 3.63) is 53.8 Å². The third-order valence-corrected chi connectivity index (χ3v) is 5.64. The molecule has 3 atom stereocenters. The molecule has 33 heavy (non-hydrogen) atoms. The summed E-state index contributed by atoms with van der Waals surface area (Å²) in [6.45, 7) is 3.79. The number of anilines is 1. The molecule has 4 N–H and O–H groups in total. The summed E-state index contributed by atoms with van der Waals surface area (Å²) in [5.41, 5.74) is 0. The summed E-state index contributed by atoms with van der Waals surface area (Å²) in [4.78, 5) is 13.2. The molecule has 0 aliphatic carbocycles. The minimum atomic E-state index is -0.944. The molecule has 0 saturated heterocycles. The van der Waals surface area contributed by atoms with Gasteiger partial charge in [-0.3, -0.25) is 9.48 Å². The summed E-state index contributed by atoms with van der Waals surface area (Å²) < 4.78 is 8.70. The van der Waals surface area contributed by atoms with Crippen LogP contribution in [0.4, 0.5) is 5.82 Å². The van der Waals surface area contributed by atoms with E-state index in [0.717, 1.165) is 6.42 Å². The molecule has 2 heterocycles. The summed E-state index contributed by atoms with van der Waals surface area (Å²) in [6.07, 6.45) is 3.57. The number of carbonyl (C=O) groups is 1. The molecule has 2 aromatic heterocycles. The summed E-state index contributed by atoms with van der Waals surface area (Å²) in [5.74, 6) is 0.849. The van der Waals surface area contributed by atoms with E-state index in [1.807, 2.05) is 13.8 Å². The minimum absolute atomic E-state index is 0.101. The van der Waals surface area contributed by atoms with Gasteiger partial charge in [-0.15, -0.1) is 0 Å². The first-order chi connectivity index (χ1) is 15.8. The van der Waals surface area contributed by atoms with Gasteiger partial charge < -0.3 is 29.9 Å². The second-order valence-corrected chi connectivity index (χ2v) is 8.39. The maximum atomic E-state index is 13.2. The van der Waals surface area contributed by atoms with Gasteiger partial charge in [0.25, 0.3) is 0 Å². The first-order valence-electron chi connectivity index (χ1n) is 10.8. The predicted molar refractivity (Wildman–Crippen MR) is 125 cm³/mol. The van der Waals surface area contributed by atoms with Gasteiger partial charge in [-0.05, 0) is 24.5 Å². The van der Waals surface area contributed by atoms with Crippen LogP contribution < -0.4 is 10.1 Å². The normalized spacial score (nSPS) is 14.0. The van der Waals surface area contributed by atoms with Gasteiger partial charge in [0, 0.05) is 18.3 Å². The van der Waals surface area contributed by atoms with Gasteiger partial charge in [-0.2, -0.15) is 5.10 Å². The SMILES string of the molecule is CC[C@H](C)C[C@@H](C(=O)Nc1ccn(C[C@@H](O)CO)n1)n1cc(Oc2ccccc2Cl)cc1O. The van der Waals surface area contributed by atoms with Crippen molar-refractivity contribution >= 4 is 23.3 Å². The molecule has 3 rings (SSSR count). The first kappa shape index (κ1) is 24.6. The molecule has 178 valence electrons. The number of carbonyl (C=O) groups excluding carboxylic acids is 1. The molecule has 0 fully saturated rings. The van der Waals surface area contributed by atoms with Crippen LogP contribution in [0.5, 0.6) is 17.4 Å². The largest absolute Gasteiger partial charge is 0.494 e. The van der Waals surface area contributed by atoms with Crippen LogP contribution in [0.1, 0.15) is 32.7 Å². The zero-order valence-corrected chi connectivity index (χ0v) is 19.3. The Morgan fingerprint density at radius 2 is 2.06 bits per heavy atom. The molecular weight excluding hydrogens is 448 g/mol. The molecule has 1 aromatic carbocycles. The fourth-order valence-electron chi connectivity index (χ4n) is 3.31. The van der Waals surface area contributed by atoms with Crippen LogP contribution in [0.2, 0.25) is 5.02 Å². The van der Waals surface area contributed by atoms with Crippen molar-refractivity contribution in [2.45, 2.75) is 45.4 Å². The van der Waals surface area contributed by atoms with Crippen LogP contribution in [-0.4, -0.2) is 48.3 Å². The standard InChI is InChI=1S/C23H29ClN4O5/c1-3-15(2)10-19(23(32)25-21-8-9-27(26-21)12-16(30)14-29)28-13-17(11-22(28)31)33-20-7-5-4-6-18(20)24/h4-9,11,13,15-16,19,29-31H,3,10,12,14H2,1-2H3,(H,25,26,32)/t15-,16+,19-/m0/s1. The number of ether oxygens (including phenoxy) is 1. The van der Waals surface area contributed by atoms with Crippen molar-refractivity contribution in [1.82, 2.24) is 14.3 Å². The monoisotopic (exact) mass is 476 g/mol. The number of rotatable bonds is 11. The highest BCUT2D eigenvalue weighted by Crippen LogP contribution is 2.35. The zero-order chi connectivity index (χ0) is 24.0. The number of benzene rings is 1. The van der Waals surface area contributed by atoms with Crippen molar-refractivity contribution in [2.75, 3.05) is 11.9 Å². The van der Waals surface area contributed by atoms with Crippen LogP contribution >= 0.6 is 11.6 Å². The molecule has 0 spiro atoms. The summed E-state index contributed by atoms with van der Waals surface area (Å²) >= 11 is 6.16. The Morgan fingerprint density at radius 3 is 2.76 bits per heavy atom. The third-order valence-electron chi connectivity index (χ3n) is 5.33. The fraction of sp³-hybridized carbons (Fsp3) is 0.391. The van der Waals surface area contributed by atoms with E-state index in [0.29, 0.717) is 28.8 Å². The molecule has 0 bridgehead atoms. The number of halogens is 1. The van der Waals surface area contributed by atoms with Gasteiger partial charge in [0.1, 0.15) is 17.5 Å². The molecule has 0 radical (unpaired) electrons. The average Bonchev–Trinajstić information content (AvgIpc) is 3.38. The molecule has 3 aromatic rings. The van der Waals surface area contributed by atoms with E-state index in [9.17, 15) is 15.0 Å². The van der Waals surface area contributed by atoms with E-state index >= 15 is 0 Å². The van der Waals surface area contributed by atoms with Crippen molar-refractivity contribution in [3.8, 4) is 17.4 Å². The van der Waals surface area contributed by atoms with E-state index in [4.69, 9.17) is 21.4 Å². The van der Waals surface area contributed by atoms with Crippen LogP contribution in [0.15, 0.2) is 48.8 Å². The van der Waals surface area contributed by atoms with Crippen molar-refractivity contribution in [2.24, 2.45) is 5.92 Å². The predicted octanol–water partition coefficient (Wildman–Crippen LogP) is 3.81. The summed E-state index contributed by atoms with van der Waals surface area (Å²) in [5, 5.41) is 36.5. The molecule has 10 heteroatoms. The Labute approximate surface area is 197 Å². The molecule has 0 aliphatic rings. The Balaban J connectivity index is 1.80. The highest BCUT2D eigenvalue weighted by atomic mass is 35.5. The number of nitrogens with zero attached hydrogens (tertiary/aromatic N) is 3. The first-order valence-corrected chi connectivity index (χ1v) is 11.1. The maximum Gasteiger partial charge on any atom is 0.248 e. The Bertz CT molecular complexity index is 1070. The van der Waals surface area contributed by atoms with E-state index < -0.39 is 12.1 Å². The number of aliphatic hydroxyl groups is 2. The van der Waals surface area contributed by atoms with Crippen molar-refractivity contribution in [1.29, 1.82) is 0 Å². The van der Waals surface area contributed by atoms with Crippen LogP contribution in [0, 0.1) is 5.92 Å². The molecule has 9 nitrogen and oxygen atoms in total. The van der Waals surface area contributed by atoms with Gasteiger partial charge >= 0.3 is 0 Å². The Kier molecular flexibility index (Phi) is 8.37. The summed E-state index contributed by atoms with van der Waals surface area (Å²) in [7, 11) is 0.